The van der Waals surface area contributed by atoms with Gasteiger partial charge in [0.2, 0.25) is 10.0 Å². The van der Waals surface area contributed by atoms with Gasteiger partial charge >= 0.3 is 0 Å². The Morgan fingerprint density at radius 3 is 2.27 bits per heavy atom. The van der Waals surface area contributed by atoms with Gasteiger partial charge < -0.3 is 14.6 Å². The summed E-state index contributed by atoms with van der Waals surface area (Å²) >= 11 is 0. The lowest BCUT2D eigenvalue weighted by molar-refractivity contribution is 0.0376. The number of nitrogens with one attached hydrogen (secondary N) is 2. The number of amides is 1. The number of ether oxygens (including phenoxy) is 1. The quantitative estimate of drug-likeness (QED) is 0.471. The standard InChI is InChI=1S/C24H28N4O4S/c29-24(20-4-8-22(9-5-20)28-14-1-2-15-28)26-21-6-10-23(11-7-21)33(30,31)25-12-3-13-27-16-18-32-19-17-27/h1-2,4-11,14-15,25H,3,12-13,16-19H2,(H,26,29). The van der Waals surface area contributed by atoms with Gasteiger partial charge in [0.1, 0.15) is 0 Å². The molecule has 1 aliphatic heterocycles. The van der Waals surface area contributed by atoms with Crippen molar-refractivity contribution in [1.29, 1.82) is 0 Å². The number of carbonyl (C=O) groups is 1. The molecule has 1 saturated heterocycles. The number of hydrogen-bond acceptors (Lipinski definition) is 5. The molecule has 0 radical (unpaired) electrons. The topological polar surface area (TPSA) is 92.7 Å². The smallest absolute Gasteiger partial charge is 0.255 e. The second-order valence-electron chi connectivity index (χ2n) is 7.82. The number of sulfonamides is 1. The number of aromatic nitrogens is 1. The van der Waals surface area contributed by atoms with Crippen molar-refractivity contribution in [2.45, 2.75) is 11.3 Å². The van der Waals surface area contributed by atoms with E-state index >= 15 is 0 Å². The van der Waals surface area contributed by atoms with E-state index in [1.807, 2.05) is 41.2 Å². The summed E-state index contributed by atoms with van der Waals surface area (Å²) in [5, 5.41) is 2.80. The van der Waals surface area contributed by atoms with Crippen LogP contribution < -0.4 is 10.0 Å². The lowest BCUT2D eigenvalue weighted by Gasteiger charge is -2.26. The molecule has 3 aromatic rings. The normalized spacial score (nSPS) is 14.8. The molecule has 2 heterocycles. The SMILES string of the molecule is O=C(Nc1ccc(S(=O)(=O)NCCCN2CCOCC2)cc1)c1ccc(-n2cccc2)cc1. The fourth-order valence-corrected chi connectivity index (χ4v) is 4.70. The van der Waals surface area contributed by atoms with Crippen molar-refractivity contribution in [1.82, 2.24) is 14.2 Å². The van der Waals surface area contributed by atoms with E-state index in [0.29, 0.717) is 17.8 Å². The molecule has 2 aromatic carbocycles. The summed E-state index contributed by atoms with van der Waals surface area (Å²) in [5.41, 5.74) is 2.01. The number of morpholine rings is 1. The van der Waals surface area contributed by atoms with Gasteiger partial charge in [0, 0.05) is 49.0 Å². The Morgan fingerprint density at radius 2 is 1.61 bits per heavy atom. The van der Waals surface area contributed by atoms with Crippen LogP contribution in [-0.2, 0) is 14.8 Å². The second kappa shape index (κ2) is 10.8. The minimum absolute atomic E-state index is 0.169. The Morgan fingerprint density at radius 1 is 0.939 bits per heavy atom. The third-order valence-electron chi connectivity index (χ3n) is 5.50. The van der Waals surface area contributed by atoms with Crippen molar-refractivity contribution in [3.8, 4) is 5.69 Å². The summed E-state index contributed by atoms with van der Waals surface area (Å²) in [6, 6.07) is 17.3. The Balaban J connectivity index is 1.28. The first-order valence-corrected chi connectivity index (χ1v) is 12.4. The van der Waals surface area contributed by atoms with Gasteiger partial charge in [-0.2, -0.15) is 0 Å². The van der Waals surface area contributed by atoms with E-state index in [-0.39, 0.29) is 10.8 Å². The number of nitrogens with zero attached hydrogens (tertiary/aromatic N) is 2. The van der Waals surface area contributed by atoms with Crippen molar-refractivity contribution in [2.24, 2.45) is 0 Å². The van der Waals surface area contributed by atoms with Gasteiger partial charge in [-0.1, -0.05) is 0 Å². The zero-order valence-electron chi connectivity index (χ0n) is 18.3. The first kappa shape index (κ1) is 23.2. The Hall–Kier alpha value is -2.98. The van der Waals surface area contributed by atoms with E-state index in [2.05, 4.69) is 14.9 Å². The molecule has 1 aliphatic rings. The predicted octanol–water partition coefficient (Wildman–Crippen LogP) is 2.73. The highest BCUT2D eigenvalue weighted by molar-refractivity contribution is 7.89. The highest BCUT2D eigenvalue weighted by atomic mass is 32.2. The van der Waals surface area contributed by atoms with Gasteiger partial charge in [-0.25, -0.2) is 13.1 Å². The van der Waals surface area contributed by atoms with Gasteiger partial charge in [0.15, 0.2) is 0 Å². The lowest BCUT2D eigenvalue weighted by atomic mass is 10.2. The van der Waals surface area contributed by atoms with Crippen LogP contribution in [0.2, 0.25) is 0 Å². The molecule has 1 amide bonds. The first-order chi connectivity index (χ1) is 16.0. The Kier molecular flexibility index (Phi) is 7.56. The largest absolute Gasteiger partial charge is 0.379 e. The molecular weight excluding hydrogens is 440 g/mol. The monoisotopic (exact) mass is 468 g/mol. The molecule has 33 heavy (non-hydrogen) atoms. The van der Waals surface area contributed by atoms with Crippen LogP contribution in [0.3, 0.4) is 0 Å². The molecule has 0 unspecified atom stereocenters. The van der Waals surface area contributed by atoms with Crippen LogP contribution in [0, 0.1) is 0 Å². The van der Waals surface area contributed by atoms with Crippen LogP contribution in [0.4, 0.5) is 5.69 Å². The van der Waals surface area contributed by atoms with Crippen LogP contribution in [0.1, 0.15) is 16.8 Å². The van der Waals surface area contributed by atoms with Crippen molar-refractivity contribution in [2.75, 3.05) is 44.7 Å². The maximum absolute atomic E-state index is 12.5. The molecule has 2 N–H and O–H groups in total. The molecule has 0 spiro atoms. The predicted molar refractivity (Wildman–Crippen MR) is 127 cm³/mol. The summed E-state index contributed by atoms with van der Waals surface area (Å²) in [7, 11) is -3.60. The van der Waals surface area contributed by atoms with E-state index in [9.17, 15) is 13.2 Å². The molecule has 4 rings (SSSR count). The lowest BCUT2D eigenvalue weighted by Crippen LogP contribution is -2.38. The fourth-order valence-electron chi connectivity index (χ4n) is 3.63. The van der Waals surface area contributed by atoms with E-state index < -0.39 is 10.0 Å². The molecule has 0 aliphatic carbocycles. The third kappa shape index (κ3) is 6.29. The summed E-state index contributed by atoms with van der Waals surface area (Å²) in [6.45, 7) is 4.44. The summed E-state index contributed by atoms with van der Waals surface area (Å²) in [4.78, 5) is 15.0. The Labute approximate surface area is 194 Å². The summed E-state index contributed by atoms with van der Waals surface area (Å²) < 4.78 is 35.0. The zero-order valence-corrected chi connectivity index (χ0v) is 19.1. The van der Waals surface area contributed by atoms with Gasteiger partial charge in [0.05, 0.1) is 18.1 Å². The minimum atomic E-state index is -3.60. The van der Waals surface area contributed by atoms with Crippen LogP contribution >= 0.6 is 0 Å². The molecule has 174 valence electrons. The molecule has 1 aromatic heterocycles. The molecular formula is C24H28N4O4S. The Bertz CT molecular complexity index is 1140. The van der Waals surface area contributed by atoms with Crippen molar-refractivity contribution in [3.05, 3.63) is 78.6 Å². The number of rotatable bonds is 9. The highest BCUT2D eigenvalue weighted by Crippen LogP contribution is 2.16. The average Bonchev–Trinajstić information content (AvgIpc) is 3.38. The summed E-state index contributed by atoms with van der Waals surface area (Å²) in [6.07, 6.45) is 4.60. The molecule has 0 saturated carbocycles. The van der Waals surface area contributed by atoms with Gasteiger partial charge in [-0.05, 0) is 73.6 Å². The van der Waals surface area contributed by atoms with E-state index in [4.69, 9.17) is 4.74 Å². The summed E-state index contributed by atoms with van der Waals surface area (Å²) in [5.74, 6) is -0.258. The van der Waals surface area contributed by atoms with E-state index in [1.54, 1.807) is 24.3 Å². The maximum atomic E-state index is 12.5. The van der Waals surface area contributed by atoms with E-state index in [1.165, 1.54) is 12.1 Å². The first-order valence-electron chi connectivity index (χ1n) is 11.0. The van der Waals surface area contributed by atoms with Gasteiger partial charge in [0.25, 0.3) is 5.91 Å². The van der Waals surface area contributed by atoms with Crippen LogP contribution in [0.15, 0.2) is 78.0 Å². The molecule has 9 heteroatoms. The molecule has 0 atom stereocenters. The fraction of sp³-hybridized carbons (Fsp3) is 0.292. The third-order valence-corrected chi connectivity index (χ3v) is 6.98. The highest BCUT2D eigenvalue weighted by Gasteiger charge is 2.15. The minimum Gasteiger partial charge on any atom is -0.379 e. The molecule has 0 bridgehead atoms. The van der Waals surface area contributed by atoms with Gasteiger partial charge in [-0.3, -0.25) is 9.69 Å². The van der Waals surface area contributed by atoms with Gasteiger partial charge in [-0.15, -0.1) is 0 Å². The maximum Gasteiger partial charge on any atom is 0.255 e. The van der Waals surface area contributed by atoms with Crippen molar-refractivity contribution < 1.29 is 17.9 Å². The molecule has 1 fully saturated rings. The number of hydrogen-bond donors (Lipinski definition) is 2. The van der Waals surface area contributed by atoms with Crippen LogP contribution in [-0.4, -0.2) is 63.2 Å². The number of benzene rings is 2. The van der Waals surface area contributed by atoms with Crippen molar-refractivity contribution >= 4 is 21.6 Å². The molecule has 8 nitrogen and oxygen atoms in total. The van der Waals surface area contributed by atoms with Crippen LogP contribution in [0.5, 0.6) is 0 Å². The second-order valence-corrected chi connectivity index (χ2v) is 9.59. The average molecular weight is 469 g/mol. The number of carbonyl (C=O) groups excluding carboxylic acids is 1. The zero-order chi connectivity index (χ0) is 23.1. The van der Waals surface area contributed by atoms with Crippen molar-refractivity contribution in [3.63, 3.8) is 0 Å². The van der Waals surface area contributed by atoms with Crippen LogP contribution in [0.25, 0.3) is 5.69 Å². The number of anilines is 1. The van der Waals surface area contributed by atoms with E-state index in [0.717, 1.165) is 45.0 Å².